The summed E-state index contributed by atoms with van der Waals surface area (Å²) in [6.07, 6.45) is -0.922. The van der Waals surface area contributed by atoms with Crippen LogP contribution < -0.4 is 11.1 Å². The Balaban J connectivity index is 4.34. The first kappa shape index (κ1) is 18.2. The van der Waals surface area contributed by atoms with Gasteiger partial charge < -0.3 is 20.5 Å². The van der Waals surface area contributed by atoms with Gasteiger partial charge in [0, 0.05) is 6.42 Å². The van der Waals surface area contributed by atoms with E-state index in [1.165, 1.54) is 0 Å². The fourth-order valence-electron chi connectivity index (χ4n) is 1.32. The van der Waals surface area contributed by atoms with Crippen LogP contribution in [-0.4, -0.2) is 35.7 Å². The van der Waals surface area contributed by atoms with E-state index in [1.807, 2.05) is 0 Å². The van der Waals surface area contributed by atoms with Crippen LogP contribution in [0.5, 0.6) is 0 Å². The van der Waals surface area contributed by atoms with Gasteiger partial charge in [0.1, 0.15) is 11.6 Å². The van der Waals surface area contributed by atoms with E-state index < -0.39 is 29.6 Å². The first-order valence-electron chi connectivity index (χ1n) is 6.49. The second-order valence-corrected chi connectivity index (χ2v) is 5.68. The first-order valence-corrected chi connectivity index (χ1v) is 6.49. The lowest BCUT2D eigenvalue weighted by atomic mass is 10.1. The maximum atomic E-state index is 11.5. The Morgan fingerprint density at radius 1 is 1.20 bits per heavy atom. The molecule has 0 aromatic carbocycles. The normalized spacial score (nSPS) is 12.7. The zero-order valence-corrected chi connectivity index (χ0v) is 12.7. The molecule has 0 radical (unpaired) electrons. The van der Waals surface area contributed by atoms with Crippen molar-refractivity contribution in [2.24, 2.45) is 5.73 Å². The second kappa shape index (κ2) is 7.72. The van der Waals surface area contributed by atoms with Gasteiger partial charge in [0.25, 0.3) is 0 Å². The molecule has 1 atom stereocenters. The molecule has 7 nitrogen and oxygen atoms in total. The fraction of sp³-hybridized carbons (Fsp3) is 0.769. The Morgan fingerprint density at radius 2 is 1.75 bits per heavy atom. The average molecular weight is 288 g/mol. The van der Waals surface area contributed by atoms with Crippen molar-refractivity contribution >= 4 is 18.0 Å². The Morgan fingerprint density at radius 3 is 2.15 bits per heavy atom. The molecule has 0 aliphatic carbocycles. The number of hydrogen-bond acceptors (Lipinski definition) is 5. The monoisotopic (exact) mass is 288 g/mol. The molecule has 0 aromatic heterocycles. The molecule has 20 heavy (non-hydrogen) atoms. The molecule has 0 bridgehead atoms. The van der Waals surface area contributed by atoms with Gasteiger partial charge in [-0.2, -0.15) is 0 Å². The molecule has 0 spiro atoms. The first-order chi connectivity index (χ1) is 9.01. The highest BCUT2D eigenvalue weighted by atomic mass is 16.6. The minimum Gasteiger partial charge on any atom is -0.463 e. The van der Waals surface area contributed by atoms with Crippen molar-refractivity contribution < 1.29 is 23.9 Å². The van der Waals surface area contributed by atoms with E-state index in [0.29, 0.717) is 0 Å². The molecule has 0 saturated heterocycles. The predicted molar refractivity (Wildman–Crippen MR) is 72.8 cm³/mol. The number of carbonyl (C=O) groups excluding carboxylic acids is 3. The fourth-order valence-corrected chi connectivity index (χ4v) is 1.32. The van der Waals surface area contributed by atoms with E-state index >= 15 is 0 Å². The van der Waals surface area contributed by atoms with Gasteiger partial charge in [-0.1, -0.05) is 0 Å². The van der Waals surface area contributed by atoms with Crippen molar-refractivity contribution in [3.05, 3.63) is 0 Å². The molecule has 0 rings (SSSR count). The van der Waals surface area contributed by atoms with Crippen LogP contribution in [0.2, 0.25) is 0 Å². The van der Waals surface area contributed by atoms with Crippen LogP contribution in [-0.2, 0) is 19.1 Å². The van der Waals surface area contributed by atoms with Gasteiger partial charge in [-0.3, -0.25) is 9.59 Å². The number of alkyl carbamates (subject to hydrolysis) is 1. The summed E-state index contributed by atoms with van der Waals surface area (Å²) >= 11 is 0. The van der Waals surface area contributed by atoms with Gasteiger partial charge in [0.15, 0.2) is 0 Å². The SMILES string of the molecule is CC(C)OC(=O)CC[C@@H](NC(=O)OC(C)(C)C)C(N)=O. The van der Waals surface area contributed by atoms with Gasteiger partial charge in [-0.05, 0) is 41.0 Å². The van der Waals surface area contributed by atoms with E-state index in [1.54, 1.807) is 34.6 Å². The number of primary amides is 1. The van der Waals surface area contributed by atoms with Crippen LogP contribution in [0, 0.1) is 0 Å². The van der Waals surface area contributed by atoms with E-state index in [0.717, 1.165) is 0 Å². The van der Waals surface area contributed by atoms with Crippen LogP contribution in [0.3, 0.4) is 0 Å². The van der Waals surface area contributed by atoms with E-state index in [2.05, 4.69) is 5.32 Å². The summed E-state index contributed by atoms with van der Waals surface area (Å²) < 4.78 is 9.95. The molecule has 0 aliphatic rings. The van der Waals surface area contributed by atoms with Crippen molar-refractivity contribution in [2.75, 3.05) is 0 Å². The van der Waals surface area contributed by atoms with Crippen molar-refractivity contribution in [2.45, 2.75) is 65.2 Å². The lowest BCUT2D eigenvalue weighted by molar-refractivity contribution is -0.147. The van der Waals surface area contributed by atoms with Crippen molar-refractivity contribution in [1.29, 1.82) is 0 Å². The standard InChI is InChI=1S/C13H24N2O5/c1-8(2)19-10(16)7-6-9(11(14)17)15-12(18)20-13(3,4)5/h8-9H,6-7H2,1-5H3,(H2,14,17)(H,15,18)/t9-/m1/s1. The highest BCUT2D eigenvalue weighted by molar-refractivity contribution is 5.84. The molecule has 3 N–H and O–H groups in total. The van der Waals surface area contributed by atoms with E-state index in [9.17, 15) is 14.4 Å². The maximum absolute atomic E-state index is 11.5. The minimum atomic E-state index is -0.968. The number of hydrogen-bond donors (Lipinski definition) is 2. The third-order valence-corrected chi connectivity index (χ3v) is 2.04. The quantitative estimate of drug-likeness (QED) is 0.711. The molecule has 0 saturated carbocycles. The lowest BCUT2D eigenvalue weighted by Crippen LogP contribution is -2.46. The molecule has 2 amide bonds. The maximum Gasteiger partial charge on any atom is 0.408 e. The summed E-state index contributed by atoms with van der Waals surface area (Å²) in [6.45, 7) is 8.55. The Labute approximate surface area is 119 Å². The van der Waals surface area contributed by atoms with Crippen molar-refractivity contribution in [3.8, 4) is 0 Å². The van der Waals surface area contributed by atoms with Crippen LogP contribution in [0.15, 0.2) is 0 Å². The topological polar surface area (TPSA) is 108 Å². The van der Waals surface area contributed by atoms with E-state index in [4.69, 9.17) is 15.2 Å². The summed E-state index contributed by atoms with van der Waals surface area (Å²) in [5, 5.41) is 2.34. The molecule has 0 heterocycles. The number of ether oxygens (including phenoxy) is 2. The lowest BCUT2D eigenvalue weighted by Gasteiger charge is -2.22. The number of amides is 2. The summed E-state index contributed by atoms with van der Waals surface area (Å²) in [7, 11) is 0. The van der Waals surface area contributed by atoms with E-state index in [-0.39, 0.29) is 18.9 Å². The third-order valence-electron chi connectivity index (χ3n) is 2.04. The van der Waals surface area contributed by atoms with Gasteiger partial charge in [-0.15, -0.1) is 0 Å². The molecule has 0 aromatic rings. The molecular formula is C13H24N2O5. The molecule has 0 fully saturated rings. The molecule has 7 heteroatoms. The van der Waals surface area contributed by atoms with Gasteiger partial charge in [-0.25, -0.2) is 4.79 Å². The summed E-state index contributed by atoms with van der Waals surface area (Å²) in [6, 6.07) is -0.968. The van der Waals surface area contributed by atoms with Gasteiger partial charge >= 0.3 is 12.1 Å². The Kier molecular flexibility index (Phi) is 7.02. The summed E-state index contributed by atoms with van der Waals surface area (Å²) in [5.74, 6) is -1.18. The van der Waals surface area contributed by atoms with Crippen molar-refractivity contribution in [1.82, 2.24) is 5.32 Å². The Bertz CT molecular complexity index is 360. The van der Waals surface area contributed by atoms with Crippen LogP contribution in [0.1, 0.15) is 47.5 Å². The molecule has 116 valence electrons. The highest BCUT2D eigenvalue weighted by Gasteiger charge is 2.23. The number of carbonyl (C=O) groups is 3. The largest absolute Gasteiger partial charge is 0.463 e. The summed E-state index contributed by atoms with van der Waals surface area (Å²) in [5.41, 5.74) is 4.50. The number of nitrogens with two attached hydrogens (primary N) is 1. The van der Waals surface area contributed by atoms with Crippen LogP contribution in [0.4, 0.5) is 4.79 Å². The Hall–Kier alpha value is -1.79. The van der Waals surface area contributed by atoms with Gasteiger partial charge in [0.2, 0.25) is 5.91 Å². The number of rotatable bonds is 6. The third kappa shape index (κ3) is 9.18. The van der Waals surface area contributed by atoms with Crippen LogP contribution in [0.25, 0.3) is 0 Å². The number of esters is 1. The predicted octanol–water partition coefficient (Wildman–Crippen LogP) is 1.10. The molecule has 0 unspecified atom stereocenters. The average Bonchev–Trinajstić information content (AvgIpc) is 2.19. The second-order valence-electron chi connectivity index (χ2n) is 5.68. The molecule has 0 aliphatic heterocycles. The van der Waals surface area contributed by atoms with Crippen molar-refractivity contribution in [3.63, 3.8) is 0 Å². The zero-order chi connectivity index (χ0) is 15.9. The van der Waals surface area contributed by atoms with Gasteiger partial charge in [0.05, 0.1) is 6.10 Å². The van der Waals surface area contributed by atoms with Crippen LogP contribution >= 0.6 is 0 Å². The smallest absolute Gasteiger partial charge is 0.408 e. The molecular weight excluding hydrogens is 264 g/mol. The zero-order valence-electron chi connectivity index (χ0n) is 12.7. The summed E-state index contributed by atoms with van der Waals surface area (Å²) in [4.78, 5) is 34.2. The minimum absolute atomic E-state index is 0.0123. The number of nitrogens with one attached hydrogen (secondary N) is 1. The highest BCUT2D eigenvalue weighted by Crippen LogP contribution is 2.08.